The quantitative estimate of drug-likeness (QED) is 0.271. The van der Waals surface area contributed by atoms with Gasteiger partial charge in [-0.2, -0.15) is 0 Å². The number of benzene rings is 3. The Morgan fingerprint density at radius 1 is 0.946 bits per heavy atom. The first-order valence-electron chi connectivity index (χ1n) is 11.0. The minimum Gasteiger partial charge on any atom is -0.490 e. The van der Waals surface area contributed by atoms with Gasteiger partial charge in [0.15, 0.2) is 0 Å². The van der Waals surface area contributed by atoms with Gasteiger partial charge in [0.1, 0.15) is 41.1 Å². The zero-order valence-corrected chi connectivity index (χ0v) is 19.6. The molecule has 4 rings (SSSR count). The minimum atomic E-state index is -0.753. The Bertz CT molecular complexity index is 1450. The summed E-state index contributed by atoms with van der Waals surface area (Å²) in [6.45, 7) is 0.525. The molecule has 4 aromatic rings. The van der Waals surface area contributed by atoms with E-state index in [2.05, 4.69) is 15.6 Å². The summed E-state index contributed by atoms with van der Waals surface area (Å²) in [4.78, 5) is 28.6. The molecule has 0 aliphatic heterocycles. The molecule has 0 atom stereocenters. The fourth-order valence-electron chi connectivity index (χ4n) is 3.46. The van der Waals surface area contributed by atoms with Gasteiger partial charge in [0.05, 0.1) is 17.8 Å². The van der Waals surface area contributed by atoms with Crippen LogP contribution in [0.3, 0.4) is 0 Å². The van der Waals surface area contributed by atoms with Gasteiger partial charge in [-0.15, -0.1) is 0 Å². The van der Waals surface area contributed by atoms with E-state index in [-0.39, 0.29) is 34.9 Å². The number of ether oxygens (including phenoxy) is 3. The van der Waals surface area contributed by atoms with Crippen LogP contribution in [0.2, 0.25) is 0 Å². The lowest BCUT2D eigenvalue weighted by Gasteiger charge is -2.14. The maximum absolute atomic E-state index is 14.7. The number of urea groups is 1. The van der Waals surface area contributed by atoms with Crippen molar-refractivity contribution in [2.75, 3.05) is 31.0 Å². The van der Waals surface area contributed by atoms with Crippen molar-refractivity contribution in [2.45, 2.75) is 0 Å². The first-order chi connectivity index (χ1) is 17.9. The number of anilines is 2. The number of carbonyl (C=O) groups excluding carboxylic acids is 2. The fraction of sp³-hybridized carbons (Fsp3) is 0.115. The number of primary amides is 1. The van der Waals surface area contributed by atoms with Crippen LogP contribution in [0.25, 0.3) is 10.9 Å². The van der Waals surface area contributed by atoms with Crippen molar-refractivity contribution in [2.24, 2.45) is 5.73 Å². The second-order valence-corrected chi connectivity index (χ2v) is 7.68. The molecule has 0 radical (unpaired) electrons. The van der Waals surface area contributed by atoms with Gasteiger partial charge in [0, 0.05) is 30.4 Å². The molecule has 9 nitrogen and oxygen atoms in total. The summed E-state index contributed by atoms with van der Waals surface area (Å²) in [5, 5.41) is 5.32. The first-order valence-corrected chi connectivity index (χ1v) is 11.0. The number of fused-ring (bicyclic) bond motifs is 1. The van der Waals surface area contributed by atoms with Gasteiger partial charge in [-0.05, 0) is 54.6 Å². The Morgan fingerprint density at radius 3 is 2.43 bits per heavy atom. The van der Waals surface area contributed by atoms with Crippen molar-refractivity contribution in [1.82, 2.24) is 4.98 Å². The van der Waals surface area contributed by atoms with Gasteiger partial charge in [0.25, 0.3) is 5.91 Å². The first kappa shape index (κ1) is 25.3. The van der Waals surface area contributed by atoms with Gasteiger partial charge in [-0.25, -0.2) is 13.6 Å². The molecule has 3 amide bonds. The van der Waals surface area contributed by atoms with Crippen LogP contribution < -0.4 is 25.8 Å². The molecule has 1 heterocycles. The number of methoxy groups -OCH3 is 1. The number of halogens is 2. The topological polar surface area (TPSA) is 125 Å². The van der Waals surface area contributed by atoms with E-state index < -0.39 is 23.6 Å². The van der Waals surface area contributed by atoms with E-state index in [1.54, 1.807) is 18.2 Å². The largest absolute Gasteiger partial charge is 0.490 e. The SMILES string of the molecule is COCCOc1ccc2c(Oc3ccc(NC(=O)Nc4ccc(F)cc4)c(F)c3)ccnc2c1C(N)=O. The summed E-state index contributed by atoms with van der Waals surface area (Å²) in [6, 6.07) is 13.1. The smallest absolute Gasteiger partial charge is 0.323 e. The maximum Gasteiger partial charge on any atom is 0.323 e. The average Bonchev–Trinajstić information content (AvgIpc) is 2.87. The molecule has 0 saturated heterocycles. The third kappa shape index (κ3) is 6.08. The molecule has 0 aliphatic carbocycles. The van der Waals surface area contributed by atoms with Crippen molar-refractivity contribution in [3.05, 3.63) is 84.1 Å². The number of carbonyl (C=O) groups is 2. The normalized spacial score (nSPS) is 10.7. The highest BCUT2D eigenvalue weighted by atomic mass is 19.1. The van der Waals surface area contributed by atoms with Crippen LogP contribution in [-0.4, -0.2) is 37.2 Å². The highest BCUT2D eigenvalue weighted by molar-refractivity contribution is 6.08. The lowest BCUT2D eigenvalue weighted by atomic mass is 10.1. The Balaban J connectivity index is 1.53. The van der Waals surface area contributed by atoms with Crippen molar-refractivity contribution >= 4 is 34.2 Å². The molecular weight excluding hydrogens is 486 g/mol. The van der Waals surface area contributed by atoms with Crippen LogP contribution in [-0.2, 0) is 4.74 Å². The predicted octanol–water partition coefficient (Wildman–Crippen LogP) is 5.07. The second-order valence-electron chi connectivity index (χ2n) is 7.68. The molecule has 0 bridgehead atoms. The van der Waals surface area contributed by atoms with E-state index in [0.29, 0.717) is 23.4 Å². The summed E-state index contributed by atoms with van der Waals surface area (Å²) in [5.74, 6) is -1.25. The molecular formula is C26H22F2N4O5. The van der Waals surface area contributed by atoms with Crippen molar-refractivity contribution < 1.29 is 32.6 Å². The van der Waals surface area contributed by atoms with Gasteiger partial charge >= 0.3 is 6.03 Å². The van der Waals surface area contributed by atoms with E-state index in [9.17, 15) is 18.4 Å². The summed E-state index contributed by atoms with van der Waals surface area (Å²) in [7, 11) is 1.53. The third-order valence-corrected chi connectivity index (χ3v) is 5.14. The molecule has 0 unspecified atom stereocenters. The monoisotopic (exact) mass is 508 g/mol. The van der Waals surface area contributed by atoms with E-state index >= 15 is 0 Å². The second kappa shape index (κ2) is 11.3. The number of nitrogens with zero attached hydrogens (tertiary/aromatic N) is 1. The minimum absolute atomic E-state index is 0.0805. The van der Waals surface area contributed by atoms with E-state index in [4.69, 9.17) is 19.9 Å². The predicted molar refractivity (Wildman–Crippen MR) is 133 cm³/mol. The highest BCUT2D eigenvalue weighted by Gasteiger charge is 2.18. The molecule has 0 fully saturated rings. The Labute approximate surface area is 210 Å². The number of pyridine rings is 1. The van der Waals surface area contributed by atoms with Crippen LogP contribution in [0.15, 0.2) is 66.9 Å². The highest BCUT2D eigenvalue weighted by Crippen LogP contribution is 2.35. The lowest BCUT2D eigenvalue weighted by Crippen LogP contribution is -2.20. The van der Waals surface area contributed by atoms with Crippen LogP contribution in [0.1, 0.15) is 10.4 Å². The number of aromatic nitrogens is 1. The van der Waals surface area contributed by atoms with Crippen LogP contribution in [0.4, 0.5) is 25.0 Å². The zero-order chi connectivity index (χ0) is 26.4. The fourth-order valence-corrected chi connectivity index (χ4v) is 3.46. The standard InChI is InChI=1S/C26H22F2N4O5/c1-35-12-13-36-22-9-7-18-21(10-11-30-24(18)23(22)25(29)33)37-17-6-8-20(19(28)14-17)32-26(34)31-16-4-2-15(27)3-5-16/h2-11,14H,12-13H2,1H3,(H2,29,33)(H2,31,32,34). The molecule has 1 aromatic heterocycles. The van der Waals surface area contributed by atoms with E-state index in [1.807, 2.05) is 0 Å². The molecule has 11 heteroatoms. The van der Waals surface area contributed by atoms with Crippen LogP contribution >= 0.6 is 0 Å². The Kier molecular flexibility index (Phi) is 7.74. The lowest BCUT2D eigenvalue weighted by molar-refractivity contribution is 0.0994. The summed E-state index contributed by atoms with van der Waals surface area (Å²) < 4.78 is 44.1. The Morgan fingerprint density at radius 2 is 1.73 bits per heavy atom. The summed E-state index contributed by atoms with van der Waals surface area (Å²) in [5.41, 5.74) is 6.17. The van der Waals surface area contributed by atoms with E-state index in [1.165, 1.54) is 49.7 Å². The van der Waals surface area contributed by atoms with Crippen LogP contribution in [0.5, 0.6) is 17.2 Å². The molecule has 3 aromatic carbocycles. The molecule has 4 N–H and O–H groups in total. The van der Waals surface area contributed by atoms with Gasteiger partial charge in [-0.3, -0.25) is 9.78 Å². The molecule has 0 saturated carbocycles. The maximum atomic E-state index is 14.7. The van der Waals surface area contributed by atoms with Crippen LogP contribution in [0, 0.1) is 11.6 Å². The van der Waals surface area contributed by atoms with Gasteiger partial charge in [-0.1, -0.05) is 0 Å². The number of hydrogen-bond acceptors (Lipinski definition) is 6. The van der Waals surface area contributed by atoms with Crippen molar-refractivity contribution in [3.8, 4) is 17.2 Å². The number of rotatable bonds is 9. The summed E-state index contributed by atoms with van der Waals surface area (Å²) in [6.07, 6.45) is 1.43. The number of amides is 3. The number of nitrogens with two attached hydrogens (primary N) is 1. The van der Waals surface area contributed by atoms with E-state index in [0.717, 1.165) is 6.07 Å². The van der Waals surface area contributed by atoms with Crippen molar-refractivity contribution in [3.63, 3.8) is 0 Å². The third-order valence-electron chi connectivity index (χ3n) is 5.14. The summed E-state index contributed by atoms with van der Waals surface area (Å²) >= 11 is 0. The van der Waals surface area contributed by atoms with Crippen molar-refractivity contribution in [1.29, 1.82) is 0 Å². The molecule has 0 aliphatic rings. The number of hydrogen-bond donors (Lipinski definition) is 3. The van der Waals surface area contributed by atoms with Gasteiger partial charge in [0.2, 0.25) is 0 Å². The zero-order valence-electron chi connectivity index (χ0n) is 19.6. The molecule has 190 valence electrons. The molecule has 0 spiro atoms. The van der Waals surface area contributed by atoms with Gasteiger partial charge < -0.3 is 30.6 Å². The Hall–Kier alpha value is -4.77. The average molecular weight is 508 g/mol. The number of nitrogens with one attached hydrogen (secondary N) is 2. The molecule has 37 heavy (non-hydrogen) atoms.